The van der Waals surface area contributed by atoms with E-state index in [9.17, 15) is 24.3 Å². The van der Waals surface area contributed by atoms with E-state index in [0.29, 0.717) is 18.7 Å². The SMILES string of the molecule is CC[C@H]1OC(=O)[C@H](C)C(=O)[C@H](C)[C@@H](O[C@@H]2O[C@H](C)C[C@H](N(C)C)[C@H]2O)[C@](C)(OC)C[C@@H](C)C(=O)[C@H](C)[C@H]2[C@H](SCCn3cnc4cccnc43)C(=O)O[C@@]21C. The van der Waals surface area contributed by atoms with Crippen LogP contribution in [0.5, 0.6) is 0 Å². The minimum atomic E-state index is -1.36. The number of pyridine rings is 1. The Morgan fingerprint density at radius 3 is 2.40 bits per heavy atom. The third-order valence-electron chi connectivity index (χ3n) is 12.3. The summed E-state index contributed by atoms with van der Waals surface area (Å²) in [5.74, 6) is -5.54. The number of carbonyl (C=O) groups is 4. The van der Waals surface area contributed by atoms with Crippen molar-refractivity contribution in [3.63, 3.8) is 0 Å². The molecule has 0 aromatic carbocycles. The number of imidazole rings is 1. The van der Waals surface area contributed by atoms with E-state index in [2.05, 4.69) is 9.97 Å². The van der Waals surface area contributed by atoms with Crippen molar-refractivity contribution >= 4 is 46.4 Å². The maximum Gasteiger partial charge on any atom is 0.320 e. The summed E-state index contributed by atoms with van der Waals surface area (Å²) in [5.41, 5.74) is -1.13. The molecule has 3 fully saturated rings. The fourth-order valence-electron chi connectivity index (χ4n) is 9.09. The number of rotatable bonds is 9. The molecule has 2 aromatic heterocycles. The summed E-state index contributed by atoms with van der Waals surface area (Å²) in [6, 6.07) is 3.43. The number of methoxy groups -OCH3 is 1. The van der Waals surface area contributed by atoms with Gasteiger partial charge in [-0.15, -0.1) is 11.8 Å². The minimum Gasteiger partial charge on any atom is -0.458 e. The summed E-state index contributed by atoms with van der Waals surface area (Å²) in [7, 11) is 5.24. The van der Waals surface area contributed by atoms with E-state index >= 15 is 0 Å². The Balaban J connectivity index is 1.50. The number of fused-ring (bicyclic) bond motifs is 2. The molecule has 3 aliphatic heterocycles. The summed E-state index contributed by atoms with van der Waals surface area (Å²) in [5, 5.41) is 10.7. The lowest BCUT2D eigenvalue weighted by Gasteiger charge is -2.47. The molecule has 0 radical (unpaired) electrons. The molecule has 55 heavy (non-hydrogen) atoms. The van der Waals surface area contributed by atoms with E-state index in [4.69, 9.17) is 23.7 Å². The maximum atomic E-state index is 14.7. The summed E-state index contributed by atoms with van der Waals surface area (Å²) in [6.45, 7) is 14.5. The molecule has 3 aliphatic rings. The van der Waals surface area contributed by atoms with Crippen LogP contribution < -0.4 is 0 Å². The second-order valence-electron chi connectivity index (χ2n) is 16.4. The van der Waals surface area contributed by atoms with Crippen LogP contribution >= 0.6 is 11.8 Å². The first-order chi connectivity index (χ1) is 25.9. The van der Waals surface area contributed by atoms with Crippen LogP contribution in [0.1, 0.15) is 74.7 Å². The molecule has 0 bridgehead atoms. The summed E-state index contributed by atoms with van der Waals surface area (Å²) in [4.78, 5) is 67.6. The third kappa shape index (κ3) is 8.52. The van der Waals surface area contributed by atoms with Crippen molar-refractivity contribution in [3.05, 3.63) is 24.7 Å². The molecule has 14 nitrogen and oxygen atoms in total. The molecule has 0 unspecified atom stereocenters. The number of hydrogen-bond donors (Lipinski definition) is 1. The number of hydrogen-bond acceptors (Lipinski definition) is 14. The zero-order valence-corrected chi connectivity index (χ0v) is 34.9. The highest BCUT2D eigenvalue weighted by Crippen LogP contribution is 2.49. The number of Topliss-reactive ketones (excluding diaryl/α,β-unsaturated/α-hetero) is 2. The first-order valence-corrected chi connectivity index (χ1v) is 20.5. The lowest BCUT2D eigenvalue weighted by Crippen LogP contribution is -2.59. The van der Waals surface area contributed by atoms with Crippen molar-refractivity contribution in [1.29, 1.82) is 0 Å². The number of aryl methyl sites for hydroxylation is 1. The summed E-state index contributed by atoms with van der Waals surface area (Å²) < 4.78 is 33.2. The van der Waals surface area contributed by atoms with Gasteiger partial charge in [0.05, 0.1) is 24.1 Å². The van der Waals surface area contributed by atoms with E-state index in [-0.39, 0.29) is 30.8 Å². The van der Waals surface area contributed by atoms with Gasteiger partial charge >= 0.3 is 11.9 Å². The second-order valence-corrected chi connectivity index (χ2v) is 17.6. The van der Waals surface area contributed by atoms with Gasteiger partial charge in [-0.1, -0.05) is 27.7 Å². The Morgan fingerprint density at radius 1 is 1.04 bits per heavy atom. The highest BCUT2D eigenvalue weighted by Gasteiger charge is 2.61. The first-order valence-electron chi connectivity index (χ1n) is 19.5. The number of aliphatic hydroxyl groups excluding tert-OH is 1. The van der Waals surface area contributed by atoms with Gasteiger partial charge in [0.15, 0.2) is 23.3 Å². The van der Waals surface area contributed by atoms with E-state index in [0.717, 1.165) is 11.2 Å². The van der Waals surface area contributed by atoms with Crippen LogP contribution in [-0.2, 0) is 49.4 Å². The number of ketones is 2. The Morgan fingerprint density at radius 2 is 1.75 bits per heavy atom. The van der Waals surface area contributed by atoms with Crippen LogP contribution in [0.15, 0.2) is 24.7 Å². The molecule has 0 spiro atoms. The standard InChI is InChI=1S/C40H60N4O10S/c1-12-28-40(8)29(33(37(49)54-40)55-17-16-44-20-42-26-14-13-15-41-35(26)44)23(4)30(45)21(2)19-39(7,50-11)34(24(5)31(46)25(6)36(48)52-28)53-38-32(47)27(43(9)10)18-22(3)51-38/h13-15,20-25,27-29,32-34,38,47H,12,16-19H2,1-11H3/t21-,22-,23-,24+,25-,27+,28-,29+,32-,33+,34-,38+,39-,40-/m1/s1. The molecule has 3 saturated heterocycles. The summed E-state index contributed by atoms with van der Waals surface area (Å²) >= 11 is 1.39. The second kappa shape index (κ2) is 17.3. The molecule has 5 rings (SSSR count). The van der Waals surface area contributed by atoms with Crippen molar-refractivity contribution in [1.82, 2.24) is 19.4 Å². The molecule has 14 atom stereocenters. The number of thioether (sulfide) groups is 1. The molecule has 2 aromatic rings. The Labute approximate surface area is 328 Å². The van der Waals surface area contributed by atoms with E-state index in [1.807, 2.05) is 63.4 Å². The Bertz CT molecular complexity index is 1710. The number of esters is 2. The number of nitrogens with zero attached hydrogens (tertiary/aromatic N) is 4. The van der Waals surface area contributed by atoms with E-state index < -0.39 is 88.4 Å². The molecule has 1 N–H and O–H groups in total. The van der Waals surface area contributed by atoms with Crippen LogP contribution in [0.2, 0.25) is 0 Å². The number of ether oxygens (including phenoxy) is 5. The van der Waals surface area contributed by atoms with Crippen LogP contribution in [0.3, 0.4) is 0 Å². The van der Waals surface area contributed by atoms with Gasteiger partial charge in [-0.05, 0) is 73.2 Å². The smallest absolute Gasteiger partial charge is 0.320 e. The maximum absolute atomic E-state index is 14.7. The van der Waals surface area contributed by atoms with Crippen LogP contribution in [0.4, 0.5) is 0 Å². The fraction of sp³-hybridized carbons (Fsp3) is 0.750. The third-order valence-corrected chi connectivity index (χ3v) is 13.6. The Hall–Kier alpha value is -2.95. The highest BCUT2D eigenvalue weighted by molar-refractivity contribution is 8.00. The van der Waals surface area contributed by atoms with E-state index in [1.165, 1.54) is 25.8 Å². The quantitative estimate of drug-likeness (QED) is 0.285. The van der Waals surface area contributed by atoms with Gasteiger partial charge in [0.25, 0.3) is 0 Å². The monoisotopic (exact) mass is 788 g/mol. The largest absolute Gasteiger partial charge is 0.458 e. The van der Waals surface area contributed by atoms with E-state index in [1.54, 1.807) is 33.3 Å². The van der Waals surface area contributed by atoms with Crippen LogP contribution in [-0.4, -0.2) is 128 Å². The molecular weight excluding hydrogens is 729 g/mol. The lowest BCUT2D eigenvalue weighted by molar-refractivity contribution is -0.295. The van der Waals surface area contributed by atoms with Gasteiger partial charge in [-0.3, -0.25) is 19.2 Å². The number of aliphatic hydroxyl groups is 1. The zero-order chi connectivity index (χ0) is 40.6. The topological polar surface area (TPSA) is 169 Å². The predicted octanol–water partition coefficient (Wildman–Crippen LogP) is 4.09. The van der Waals surface area contributed by atoms with Gasteiger partial charge in [0.2, 0.25) is 0 Å². The average Bonchev–Trinajstić information content (AvgIpc) is 3.68. The molecule has 0 amide bonds. The number of aromatic nitrogens is 3. The number of likely N-dealkylation sites (N-methyl/N-ethyl adjacent to an activating group) is 1. The average molecular weight is 789 g/mol. The van der Waals surface area contributed by atoms with Crippen molar-refractivity contribution in [2.75, 3.05) is 27.0 Å². The van der Waals surface area contributed by atoms with Crippen molar-refractivity contribution in [3.8, 4) is 0 Å². The van der Waals surface area contributed by atoms with Gasteiger partial charge in [-0.25, -0.2) is 9.97 Å². The molecule has 0 aliphatic carbocycles. The normalized spacial score (nSPS) is 39.5. The molecule has 0 saturated carbocycles. The van der Waals surface area contributed by atoms with Gasteiger partial charge in [0, 0.05) is 55.3 Å². The summed E-state index contributed by atoms with van der Waals surface area (Å²) in [6.07, 6.45) is 0.00495. The first kappa shape index (κ1) is 43.2. The van der Waals surface area contributed by atoms with Crippen LogP contribution in [0.25, 0.3) is 11.2 Å². The van der Waals surface area contributed by atoms with Crippen molar-refractivity contribution in [2.24, 2.45) is 29.6 Å². The molecule has 5 heterocycles. The fourth-order valence-corrected chi connectivity index (χ4v) is 10.5. The highest BCUT2D eigenvalue weighted by atomic mass is 32.2. The number of cyclic esters (lactones) is 1. The number of carbonyl (C=O) groups excluding carboxylic acids is 4. The predicted molar refractivity (Wildman–Crippen MR) is 206 cm³/mol. The molecular formula is C40H60N4O10S. The Kier molecular flexibility index (Phi) is 13.6. The van der Waals surface area contributed by atoms with Crippen molar-refractivity contribution in [2.45, 2.75) is 134 Å². The van der Waals surface area contributed by atoms with Gasteiger partial charge in [0.1, 0.15) is 34.7 Å². The van der Waals surface area contributed by atoms with Gasteiger partial charge in [-0.2, -0.15) is 0 Å². The van der Waals surface area contributed by atoms with Crippen LogP contribution in [0, 0.1) is 29.6 Å². The lowest BCUT2D eigenvalue weighted by atomic mass is 9.70. The molecule has 306 valence electrons. The zero-order valence-electron chi connectivity index (χ0n) is 34.1. The minimum absolute atomic E-state index is 0.132. The molecule has 15 heteroatoms. The van der Waals surface area contributed by atoms with Gasteiger partial charge < -0.3 is 38.3 Å². The van der Waals surface area contributed by atoms with Crippen molar-refractivity contribution < 1.29 is 48.0 Å².